The topological polar surface area (TPSA) is 41.1 Å². The lowest BCUT2D eigenvalue weighted by molar-refractivity contribution is -0.113. The fourth-order valence-electron chi connectivity index (χ4n) is 2.16. The Bertz CT molecular complexity index is 153. The molecule has 12 heavy (non-hydrogen) atoms. The van der Waals surface area contributed by atoms with E-state index in [4.69, 9.17) is 0 Å². The Balaban J connectivity index is 2.34. The minimum Gasteiger partial charge on any atom is -0.353 e. The van der Waals surface area contributed by atoms with Crippen LogP contribution in [-0.2, 0) is 4.79 Å². The summed E-state index contributed by atoms with van der Waals surface area (Å²) in [5, 5.41) is 6.05. The lowest BCUT2D eigenvalue weighted by Gasteiger charge is -2.46. The zero-order chi connectivity index (χ0) is 9.03. The Kier molecular flexibility index (Phi) is 3.09. The van der Waals surface area contributed by atoms with Crippen LogP contribution in [0.4, 0.5) is 0 Å². The first-order valence-electron chi connectivity index (χ1n) is 4.58. The lowest BCUT2D eigenvalue weighted by atomic mass is 9.67. The van der Waals surface area contributed by atoms with E-state index in [0.717, 1.165) is 38.1 Å². The van der Waals surface area contributed by atoms with E-state index in [9.17, 15) is 4.79 Å². The van der Waals surface area contributed by atoms with Gasteiger partial charge >= 0.3 is 0 Å². The summed E-state index contributed by atoms with van der Waals surface area (Å²) in [5.41, 5.74) is 0.115. The molecule has 1 amide bonds. The number of carbonyl (C=O) groups excluding carboxylic acids is 1. The van der Waals surface area contributed by atoms with Gasteiger partial charge < -0.3 is 10.6 Å². The smallest absolute Gasteiger partial charge is 0.207 e. The van der Waals surface area contributed by atoms with Crippen molar-refractivity contribution < 1.29 is 4.79 Å². The van der Waals surface area contributed by atoms with E-state index in [1.165, 1.54) is 0 Å². The van der Waals surface area contributed by atoms with Crippen LogP contribution < -0.4 is 10.6 Å². The van der Waals surface area contributed by atoms with Gasteiger partial charge in [0, 0.05) is 5.54 Å². The second-order valence-electron chi connectivity index (χ2n) is 3.91. The fourth-order valence-corrected chi connectivity index (χ4v) is 2.16. The van der Waals surface area contributed by atoms with E-state index in [2.05, 4.69) is 17.6 Å². The van der Waals surface area contributed by atoms with Gasteiger partial charge in [-0.3, -0.25) is 4.79 Å². The van der Waals surface area contributed by atoms with Gasteiger partial charge in [-0.25, -0.2) is 0 Å². The third-order valence-corrected chi connectivity index (χ3v) is 2.70. The Morgan fingerprint density at radius 2 is 2.25 bits per heavy atom. The van der Waals surface area contributed by atoms with E-state index < -0.39 is 0 Å². The van der Waals surface area contributed by atoms with Gasteiger partial charge in [0.25, 0.3) is 0 Å². The number of amides is 1. The monoisotopic (exact) mass is 170 g/mol. The van der Waals surface area contributed by atoms with Crippen molar-refractivity contribution in [1.29, 1.82) is 0 Å². The first-order chi connectivity index (χ1) is 5.72. The lowest BCUT2D eigenvalue weighted by Crippen LogP contribution is -2.55. The summed E-state index contributed by atoms with van der Waals surface area (Å²) in [6, 6.07) is 0. The van der Waals surface area contributed by atoms with E-state index >= 15 is 0 Å². The van der Waals surface area contributed by atoms with Gasteiger partial charge in [0.15, 0.2) is 0 Å². The number of hydrogen-bond donors (Lipinski definition) is 2. The van der Waals surface area contributed by atoms with Crippen molar-refractivity contribution in [1.82, 2.24) is 10.6 Å². The molecule has 1 aliphatic carbocycles. The van der Waals surface area contributed by atoms with Crippen molar-refractivity contribution in [3.8, 4) is 0 Å². The molecule has 0 aromatic rings. The molecule has 0 radical (unpaired) electrons. The maximum atomic E-state index is 10.4. The fraction of sp³-hybridized carbons (Fsp3) is 0.889. The highest BCUT2D eigenvalue weighted by Gasteiger charge is 2.40. The standard InChI is InChI=1S/C9H18N2O/c1-8-5-9(6-8,11-7-12)3-4-10-2/h7-8,10H,3-6H2,1-2H3,(H,11,12). The molecule has 1 fully saturated rings. The Morgan fingerprint density at radius 1 is 1.58 bits per heavy atom. The zero-order valence-electron chi connectivity index (χ0n) is 7.89. The van der Waals surface area contributed by atoms with Gasteiger partial charge in [-0.05, 0) is 38.8 Å². The summed E-state index contributed by atoms with van der Waals surface area (Å²) in [5.74, 6) is 0.773. The number of carbonyl (C=O) groups is 1. The van der Waals surface area contributed by atoms with Gasteiger partial charge in [0.2, 0.25) is 6.41 Å². The molecule has 1 saturated carbocycles. The van der Waals surface area contributed by atoms with Crippen LogP contribution in [0.1, 0.15) is 26.2 Å². The van der Waals surface area contributed by atoms with Crippen LogP contribution in [-0.4, -0.2) is 25.5 Å². The molecule has 0 aliphatic heterocycles. The second kappa shape index (κ2) is 3.90. The van der Waals surface area contributed by atoms with Crippen molar-refractivity contribution in [2.45, 2.75) is 31.7 Å². The molecular weight excluding hydrogens is 152 g/mol. The maximum Gasteiger partial charge on any atom is 0.207 e. The maximum absolute atomic E-state index is 10.4. The molecule has 0 spiro atoms. The highest BCUT2D eigenvalue weighted by Crippen LogP contribution is 2.39. The molecule has 0 bridgehead atoms. The highest BCUT2D eigenvalue weighted by atomic mass is 16.1. The van der Waals surface area contributed by atoms with E-state index in [-0.39, 0.29) is 5.54 Å². The SMILES string of the molecule is CNCCC1(NC=O)CC(C)C1. The first-order valence-corrected chi connectivity index (χ1v) is 4.58. The molecule has 2 N–H and O–H groups in total. The van der Waals surface area contributed by atoms with Crippen LogP contribution in [0.25, 0.3) is 0 Å². The largest absolute Gasteiger partial charge is 0.353 e. The quantitative estimate of drug-likeness (QED) is 0.590. The Morgan fingerprint density at radius 3 is 2.67 bits per heavy atom. The van der Waals surface area contributed by atoms with Crippen molar-refractivity contribution in [3.05, 3.63) is 0 Å². The molecule has 0 unspecified atom stereocenters. The highest BCUT2D eigenvalue weighted by molar-refractivity contribution is 5.48. The summed E-state index contributed by atoms with van der Waals surface area (Å²) in [6.45, 7) is 3.21. The van der Waals surface area contributed by atoms with Crippen LogP contribution >= 0.6 is 0 Å². The molecule has 0 aromatic carbocycles. The van der Waals surface area contributed by atoms with Crippen LogP contribution in [0, 0.1) is 5.92 Å². The average molecular weight is 170 g/mol. The summed E-state index contributed by atoms with van der Waals surface area (Å²) in [4.78, 5) is 10.4. The normalized spacial score (nSPS) is 34.0. The third kappa shape index (κ3) is 1.97. The summed E-state index contributed by atoms with van der Waals surface area (Å²) < 4.78 is 0. The van der Waals surface area contributed by atoms with Gasteiger partial charge in [-0.2, -0.15) is 0 Å². The summed E-state index contributed by atoms with van der Waals surface area (Å²) >= 11 is 0. The third-order valence-electron chi connectivity index (χ3n) is 2.70. The summed E-state index contributed by atoms with van der Waals surface area (Å²) in [7, 11) is 1.94. The van der Waals surface area contributed by atoms with Crippen molar-refractivity contribution in [2.75, 3.05) is 13.6 Å². The molecular formula is C9H18N2O. The molecule has 0 saturated heterocycles. The van der Waals surface area contributed by atoms with Crippen molar-refractivity contribution >= 4 is 6.41 Å². The van der Waals surface area contributed by atoms with Gasteiger partial charge in [0.05, 0.1) is 0 Å². The minimum atomic E-state index is 0.115. The minimum absolute atomic E-state index is 0.115. The van der Waals surface area contributed by atoms with E-state index in [1.54, 1.807) is 0 Å². The molecule has 3 nitrogen and oxygen atoms in total. The molecule has 3 heteroatoms. The van der Waals surface area contributed by atoms with Gasteiger partial charge in [-0.15, -0.1) is 0 Å². The molecule has 0 atom stereocenters. The molecule has 0 heterocycles. The van der Waals surface area contributed by atoms with E-state index in [0.29, 0.717) is 0 Å². The first kappa shape index (κ1) is 9.52. The molecule has 1 rings (SSSR count). The second-order valence-corrected chi connectivity index (χ2v) is 3.91. The van der Waals surface area contributed by atoms with Gasteiger partial charge in [0.1, 0.15) is 0 Å². The average Bonchev–Trinajstić information content (AvgIpc) is 1.98. The zero-order valence-corrected chi connectivity index (χ0v) is 7.89. The molecule has 0 aromatic heterocycles. The predicted octanol–water partition coefficient (Wildman–Crippen LogP) is 0.511. The molecule has 1 aliphatic rings. The van der Waals surface area contributed by atoms with Crippen LogP contribution in [0.2, 0.25) is 0 Å². The number of hydrogen-bond acceptors (Lipinski definition) is 2. The van der Waals surface area contributed by atoms with Crippen LogP contribution in [0.3, 0.4) is 0 Å². The van der Waals surface area contributed by atoms with Crippen LogP contribution in [0.5, 0.6) is 0 Å². The van der Waals surface area contributed by atoms with Crippen molar-refractivity contribution in [2.24, 2.45) is 5.92 Å². The van der Waals surface area contributed by atoms with Crippen LogP contribution in [0.15, 0.2) is 0 Å². The predicted molar refractivity (Wildman–Crippen MR) is 48.9 cm³/mol. The Labute approximate surface area is 73.9 Å². The number of nitrogens with one attached hydrogen (secondary N) is 2. The number of rotatable bonds is 5. The van der Waals surface area contributed by atoms with Crippen molar-refractivity contribution in [3.63, 3.8) is 0 Å². The molecule has 70 valence electrons. The van der Waals surface area contributed by atoms with E-state index in [1.807, 2.05) is 7.05 Å². The Hall–Kier alpha value is -0.570. The van der Waals surface area contributed by atoms with Gasteiger partial charge in [-0.1, -0.05) is 6.92 Å². The summed E-state index contributed by atoms with van der Waals surface area (Å²) in [6.07, 6.45) is 4.15.